The van der Waals surface area contributed by atoms with Gasteiger partial charge in [-0.2, -0.15) is 5.10 Å². The molecule has 0 saturated carbocycles. The normalized spacial score (nSPS) is 10.8. The molecule has 1 aromatic heterocycles. The Kier molecular flexibility index (Phi) is 4.27. The minimum atomic E-state index is 0.882. The van der Waals surface area contributed by atoms with Crippen LogP contribution in [0.4, 0.5) is 0 Å². The number of benzene rings is 2. The molecule has 0 fully saturated rings. The zero-order valence-electron chi connectivity index (χ0n) is 11.6. The van der Waals surface area contributed by atoms with Crippen LogP contribution in [0.5, 0.6) is 0 Å². The van der Waals surface area contributed by atoms with E-state index in [-0.39, 0.29) is 0 Å². The molecule has 0 aliphatic carbocycles. The van der Waals surface area contributed by atoms with Crippen molar-refractivity contribution in [1.29, 1.82) is 0 Å². The second-order valence-corrected chi connectivity index (χ2v) is 6.79. The van der Waals surface area contributed by atoms with Gasteiger partial charge in [0.15, 0.2) is 0 Å². The largest absolute Gasteiger partial charge is 0.272 e. The fraction of sp³-hybridized carbons (Fsp3) is 0.118. The van der Waals surface area contributed by atoms with Crippen molar-refractivity contribution in [2.45, 2.75) is 6.42 Å². The third-order valence-corrected chi connectivity index (χ3v) is 4.47. The second kappa shape index (κ2) is 6.16. The van der Waals surface area contributed by atoms with E-state index in [0.717, 1.165) is 26.6 Å². The summed E-state index contributed by atoms with van der Waals surface area (Å²) in [5.41, 5.74) is 4.63. The molecule has 0 atom stereocenters. The van der Waals surface area contributed by atoms with E-state index in [9.17, 15) is 0 Å². The van der Waals surface area contributed by atoms with Crippen LogP contribution in [-0.4, -0.2) is 9.78 Å². The minimum Gasteiger partial charge on any atom is -0.272 e. The van der Waals surface area contributed by atoms with E-state index in [1.807, 2.05) is 23.9 Å². The number of rotatable bonds is 3. The molecule has 0 bridgehead atoms. The molecule has 0 spiro atoms. The van der Waals surface area contributed by atoms with E-state index < -0.39 is 0 Å². The lowest BCUT2D eigenvalue weighted by molar-refractivity contribution is 0.726. The molecule has 2 nitrogen and oxygen atoms in total. The number of halogens is 2. The molecule has 1 heterocycles. The molecule has 4 heteroatoms. The Balaban J connectivity index is 1.87. The first kappa shape index (κ1) is 14.5. The van der Waals surface area contributed by atoms with Crippen molar-refractivity contribution in [2.24, 2.45) is 7.05 Å². The van der Waals surface area contributed by atoms with Crippen molar-refractivity contribution in [3.05, 3.63) is 74.8 Å². The van der Waals surface area contributed by atoms with E-state index in [1.54, 1.807) is 0 Å². The Bertz CT molecular complexity index is 743. The number of aromatic nitrogens is 2. The average molecular weight is 406 g/mol. The SMILES string of the molecule is Cn1nc(-c2ccc(Br)cc2)cc1Cc1ccc(Br)cc1. The molecule has 0 saturated heterocycles. The predicted octanol–water partition coefficient (Wildman–Crippen LogP) is 5.20. The maximum atomic E-state index is 4.62. The first-order valence-electron chi connectivity index (χ1n) is 6.65. The summed E-state index contributed by atoms with van der Waals surface area (Å²) in [6.07, 6.45) is 0.882. The van der Waals surface area contributed by atoms with E-state index in [1.165, 1.54) is 11.3 Å². The summed E-state index contributed by atoms with van der Waals surface area (Å²) < 4.78 is 4.14. The number of hydrogen-bond acceptors (Lipinski definition) is 1. The van der Waals surface area contributed by atoms with Gasteiger partial charge in [0.25, 0.3) is 0 Å². The van der Waals surface area contributed by atoms with Crippen LogP contribution in [-0.2, 0) is 13.5 Å². The third kappa shape index (κ3) is 3.44. The number of nitrogens with zero attached hydrogens (tertiary/aromatic N) is 2. The lowest BCUT2D eigenvalue weighted by Gasteiger charge is -2.02. The molecule has 0 N–H and O–H groups in total. The van der Waals surface area contributed by atoms with Gasteiger partial charge in [-0.25, -0.2) is 0 Å². The van der Waals surface area contributed by atoms with Crippen LogP contribution in [0.15, 0.2) is 63.5 Å². The van der Waals surface area contributed by atoms with E-state index in [0.29, 0.717) is 0 Å². The van der Waals surface area contributed by atoms with Crippen LogP contribution in [0.25, 0.3) is 11.3 Å². The monoisotopic (exact) mass is 404 g/mol. The first-order chi connectivity index (χ1) is 10.1. The Morgan fingerprint density at radius 1 is 0.905 bits per heavy atom. The van der Waals surface area contributed by atoms with Gasteiger partial charge in [0.2, 0.25) is 0 Å². The summed E-state index contributed by atoms with van der Waals surface area (Å²) in [6.45, 7) is 0. The van der Waals surface area contributed by atoms with Crippen molar-refractivity contribution in [2.75, 3.05) is 0 Å². The second-order valence-electron chi connectivity index (χ2n) is 4.95. The summed E-state index contributed by atoms with van der Waals surface area (Å²) >= 11 is 6.92. The van der Waals surface area contributed by atoms with Crippen molar-refractivity contribution in [3.8, 4) is 11.3 Å². The van der Waals surface area contributed by atoms with Crippen LogP contribution in [0.1, 0.15) is 11.3 Å². The maximum absolute atomic E-state index is 4.62. The number of hydrogen-bond donors (Lipinski definition) is 0. The minimum absolute atomic E-state index is 0.882. The summed E-state index contributed by atoms with van der Waals surface area (Å²) in [6, 6.07) is 18.8. The first-order valence-corrected chi connectivity index (χ1v) is 8.24. The van der Waals surface area contributed by atoms with Crippen molar-refractivity contribution < 1.29 is 0 Å². The van der Waals surface area contributed by atoms with Gasteiger partial charge in [-0.1, -0.05) is 56.1 Å². The van der Waals surface area contributed by atoms with Crippen LogP contribution < -0.4 is 0 Å². The molecule has 0 aliphatic heterocycles. The van der Waals surface area contributed by atoms with E-state index >= 15 is 0 Å². The van der Waals surface area contributed by atoms with Crippen LogP contribution in [0, 0.1) is 0 Å². The molecule has 2 aromatic carbocycles. The van der Waals surface area contributed by atoms with Crippen LogP contribution >= 0.6 is 31.9 Å². The molecule has 0 radical (unpaired) electrons. The quantitative estimate of drug-likeness (QED) is 0.585. The summed E-state index contributed by atoms with van der Waals surface area (Å²) in [5.74, 6) is 0. The molecular formula is C17H14Br2N2. The lowest BCUT2D eigenvalue weighted by Crippen LogP contribution is -1.98. The Morgan fingerprint density at radius 3 is 2.10 bits per heavy atom. The van der Waals surface area contributed by atoms with Gasteiger partial charge in [0.05, 0.1) is 5.69 Å². The lowest BCUT2D eigenvalue weighted by atomic mass is 10.1. The molecule has 21 heavy (non-hydrogen) atoms. The molecule has 0 aliphatic rings. The van der Waals surface area contributed by atoms with Gasteiger partial charge in [-0.15, -0.1) is 0 Å². The third-order valence-electron chi connectivity index (χ3n) is 3.42. The van der Waals surface area contributed by atoms with Gasteiger partial charge in [-0.3, -0.25) is 4.68 Å². The van der Waals surface area contributed by atoms with Gasteiger partial charge in [0, 0.05) is 33.7 Å². The highest BCUT2D eigenvalue weighted by Crippen LogP contribution is 2.22. The van der Waals surface area contributed by atoms with E-state index in [2.05, 4.69) is 79.4 Å². The van der Waals surface area contributed by atoms with Crippen molar-refractivity contribution in [3.63, 3.8) is 0 Å². The molecular weight excluding hydrogens is 392 g/mol. The topological polar surface area (TPSA) is 17.8 Å². The summed E-state index contributed by atoms with van der Waals surface area (Å²) in [5, 5.41) is 4.62. The fourth-order valence-corrected chi connectivity index (χ4v) is 2.77. The highest BCUT2D eigenvalue weighted by Gasteiger charge is 2.08. The zero-order valence-corrected chi connectivity index (χ0v) is 14.7. The highest BCUT2D eigenvalue weighted by molar-refractivity contribution is 9.10. The average Bonchev–Trinajstić information content (AvgIpc) is 2.83. The standard InChI is InChI=1S/C17H14Br2N2/c1-21-16(10-12-2-6-14(18)7-3-12)11-17(20-21)13-4-8-15(19)9-5-13/h2-9,11H,10H2,1H3. The van der Waals surface area contributed by atoms with Crippen molar-refractivity contribution >= 4 is 31.9 Å². The predicted molar refractivity (Wildman–Crippen MR) is 93.3 cm³/mol. The Hall–Kier alpha value is -1.39. The Labute approximate surface area is 141 Å². The van der Waals surface area contributed by atoms with Gasteiger partial charge < -0.3 is 0 Å². The number of aryl methyl sites for hydroxylation is 1. The Morgan fingerprint density at radius 2 is 1.48 bits per heavy atom. The smallest absolute Gasteiger partial charge is 0.0926 e. The van der Waals surface area contributed by atoms with Crippen LogP contribution in [0.2, 0.25) is 0 Å². The summed E-state index contributed by atoms with van der Waals surface area (Å²) in [4.78, 5) is 0. The molecule has 106 valence electrons. The van der Waals surface area contributed by atoms with Gasteiger partial charge >= 0.3 is 0 Å². The van der Waals surface area contributed by atoms with Crippen molar-refractivity contribution in [1.82, 2.24) is 9.78 Å². The molecule has 3 rings (SSSR count). The van der Waals surface area contributed by atoms with E-state index in [4.69, 9.17) is 0 Å². The zero-order chi connectivity index (χ0) is 14.8. The molecule has 3 aromatic rings. The van der Waals surface area contributed by atoms with Crippen LogP contribution in [0.3, 0.4) is 0 Å². The van der Waals surface area contributed by atoms with Gasteiger partial charge in [-0.05, 0) is 35.9 Å². The highest BCUT2D eigenvalue weighted by atomic mass is 79.9. The van der Waals surface area contributed by atoms with Gasteiger partial charge in [0.1, 0.15) is 0 Å². The molecule has 0 amide bonds. The fourth-order valence-electron chi connectivity index (χ4n) is 2.24. The summed E-state index contributed by atoms with van der Waals surface area (Å²) in [7, 11) is 2.00. The molecule has 0 unspecified atom stereocenters. The maximum Gasteiger partial charge on any atom is 0.0926 e.